The second-order valence-corrected chi connectivity index (χ2v) is 8.13. The van der Waals surface area contributed by atoms with Crippen LogP contribution in [0.2, 0.25) is 0 Å². The minimum atomic E-state index is -0.670. The molecule has 1 aromatic carbocycles. The Kier molecular flexibility index (Phi) is 7.25. The van der Waals surface area contributed by atoms with Gasteiger partial charge >= 0.3 is 0 Å². The lowest BCUT2D eigenvalue weighted by molar-refractivity contribution is -0.129. The van der Waals surface area contributed by atoms with E-state index in [9.17, 15) is 14.4 Å². The van der Waals surface area contributed by atoms with E-state index in [0.29, 0.717) is 17.8 Å². The molecule has 0 aliphatic heterocycles. The van der Waals surface area contributed by atoms with Gasteiger partial charge in [-0.25, -0.2) is 0 Å². The summed E-state index contributed by atoms with van der Waals surface area (Å²) in [6.07, 6.45) is 7.50. The van der Waals surface area contributed by atoms with E-state index in [1.807, 2.05) is 6.92 Å². The fraction of sp³-hybridized carbons (Fsp3) is 0.591. The number of hydrogen-bond acceptors (Lipinski definition) is 4. The molecule has 7 nitrogen and oxygen atoms in total. The Hall–Kier alpha value is -2.41. The van der Waals surface area contributed by atoms with E-state index in [0.717, 1.165) is 51.4 Å². The minimum Gasteiger partial charge on any atom is -0.355 e. The highest BCUT2D eigenvalue weighted by molar-refractivity contribution is 5.98. The number of carbonyl (C=O) groups is 3. The van der Waals surface area contributed by atoms with Crippen molar-refractivity contribution in [3.63, 3.8) is 0 Å². The second-order valence-electron chi connectivity index (χ2n) is 8.13. The largest absolute Gasteiger partial charge is 0.355 e. The molecule has 0 saturated heterocycles. The van der Waals surface area contributed by atoms with E-state index >= 15 is 0 Å². The summed E-state index contributed by atoms with van der Waals surface area (Å²) in [5, 5.41) is 12.0. The van der Waals surface area contributed by atoms with Gasteiger partial charge in [0.2, 0.25) is 11.8 Å². The van der Waals surface area contributed by atoms with Gasteiger partial charge < -0.3 is 16.0 Å². The first kappa shape index (κ1) is 21.3. The van der Waals surface area contributed by atoms with Crippen LogP contribution in [0, 0.1) is 0 Å². The van der Waals surface area contributed by atoms with Gasteiger partial charge in [-0.15, -0.1) is 0 Å². The summed E-state index contributed by atoms with van der Waals surface area (Å²) in [6, 6.07) is 7.22. The monoisotopic (exact) mass is 400 g/mol. The molecule has 4 N–H and O–H groups in total. The van der Waals surface area contributed by atoms with E-state index in [-0.39, 0.29) is 30.3 Å². The van der Waals surface area contributed by atoms with Crippen molar-refractivity contribution in [1.82, 2.24) is 16.0 Å². The highest BCUT2D eigenvalue weighted by Crippen LogP contribution is 2.28. The third kappa shape index (κ3) is 6.03. The predicted molar refractivity (Wildman–Crippen MR) is 113 cm³/mol. The number of nitrogens with one attached hydrogen (secondary N) is 4. The summed E-state index contributed by atoms with van der Waals surface area (Å²) in [6.45, 7) is 2.72. The highest BCUT2D eigenvalue weighted by Gasteiger charge is 2.39. The molecule has 1 aromatic rings. The van der Waals surface area contributed by atoms with E-state index in [1.54, 1.807) is 24.3 Å². The van der Waals surface area contributed by atoms with E-state index in [2.05, 4.69) is 21.3 Å². The van der Waals surface area contributed by atoms with Gasteiger partial charge in [0, 0.05) is 23.8 Å². The van der Waals surface area contributed by atoms with Crippen molar-refractivity contribution in [3.05, 3.63) is 29.8 Å². The molecule has 0 radical (unpaired) electrons. The molecule has 0 spiro atoms. The smallest absolute Gasteiger partial charge is 0.251 e. The van der Waals surface area contributed by atoms with Gasteiger partial charge in [0.15, 0.2) is 0 Å². The SMILES string of the molecule is CCCNC(=O)C1(NCC(=O)Nc2cccc(C(=O)NC3CC3)c2)CCCCC1. The number of carbonyl (C=O) groups excluding carboxylic acids is 3. The van der Waals surface area contributed by atoms with Crippen LogP contribution in [0.4, 0.5) is 5.69 Å². The normalized spacial score (nSPS) is 18.0. The molecule has 2 aliphatic carbocycles. The molecule has 2 fully saturated rings. The average molecular weight is 401 g/mol. The van der Waals surface area contributed by atoms with Gasteiger partial charge in [-0.05, 0) is 50.3 Å². The Labute approximate surface area is 172 Å². The molecule has 0 atom stereocenters. The molecular weight excluding hydrogens is 368 g/mol. The third-order valence-corrected chi connectivity index (χ3v) is 5.59. The van der Waals surface area contributed by atoms with Crippen LogP contribution in [0.15, 0.2) is 24.3 Å². The van der Waals surface area contributed by atoms with Gasteiger partial charge in [-0.1, -0.05) is 32.3 Å². The number of benzene rings is 1. The fourth-order valence-electron chi connectivity index (χ4n) is 3.74. The van der Waals surface area contributed by atoms with Crippen molar-refractivity contribution in [2.45, 2.75) is 69.9 Å². The lowest BCUT2D eigenvalue weighted by Gasteiger charge is -2.36. The van der Waals surface area contributed by atoms with Crippen LogP contribution in [-0.4, -0.2) is 42.4 Å². The number of amides is 3. The molecule has 29 heavy (non-hydrogen) atoms. The number of hydrogen-bond donors (Lipinski definition) is 4. The molecule has 2 saturated carbocycles. The van der Waals surface area contributed by atoms with Crippen LogP contribution in [0.25, 0.3) is 0 Å². The molecule has 0 unspecified atom stereocenters. The molecule has 0 bridgehead atoms. The van der Waals surface area contributed by atoms with E-state index in [1.165, 1.54) is 0 Å². The Morgan fingerprint density at radius 1 is 1.10 bits per heavy atom. The number of anilines is 1. The zero-order valence-corrected chi connectivity index (χ0v) is 17.2. The maximum atomic E-state index is 12.7. The zero-order chi connectivity index (χ0) is 20.7. The Morgan fingerprint density at radius 3 is 2.55 bits per heavy atom. The van der Waals surface area contributed by atoms with Crippen molar-refractivity contribution < 1.29 is 14.4 Å². The van der Waals surface area contributed by atoms with Crippen LogP contribution in [0.3, 0.4) is 0 Å². The van der Waals surface area contributed by atoms with Crippen LogP contribution >= 0.6 is 0 Å². The summed E-state index contributed by atoms with van der Waals surface area (Å²) in [4.78, 5) is 37.4. The summed E-state index contributed by atoms with van der Waals surface area (Å²) in [7, 11) is 0. The Bertz CT molecular complexity index is 739. The van der Waals surface area contributed by atoms with Gasteiger partial charge in [0.05, 0.1) is 12.1 Å². The lowest BCUT2D eigenvalue weighted by Crippen LogP contribution is -2.59. The summed E-state index contributed by atoms with van der Waals surface area (Å²) >= 11 is 0. The quantitative estimate of drug-likeness (QED) is 0.511. The summed E-state index contributed by atoms with van der Waals surface area (Å²) < 4.78 is 0. The first-order chi connectivity index (χ1) is 14.0. The van der Waals surface area contributed by atoms with Gasteiger partial charge in [0.25, 0.3) is 5.91 Å². The topological polar surface area (TPSA) is 99.3 Å². The highest BCUT2D eigenvalue weighted by atomic mass is 16.2. The third-order valence-electron chi connectivity index (χ3n) is 5.59. The van der Waals surface area contributed by atoms with Crippen molar-refractivity contribution >= 4 is 23.4 Å². The van der Waals surface area contributed by atoms with Crippen LogP contribution < -0.4 is 21.3 Å². The van der Waals surface area contributed by atoms with Gasteiger partial charge in [0.1, 0.15) is 0 Å². The first-order valence-corrected chi connectivity index (χ1v) is 10.8. The molecule has 2 aliphatic rings. The molecule has 7 heteroatoms. The molecule has 3 rings (SSSR count). The molecule has 3 amide bonds. The summed E-state index contributed by atoms with van der Waals surface area (Å²) in [5.41, 5.74) is 0.440. The first-order valence-electron chi connectivity index (χ1n) is 10.8. The zero-order valence-electron chi connectivity index (χ0n) is 17.2. The average Bonchev–Trinajstić information content (AvgIpc) is 3.55. The summed E-state index contributed by atoms with van der Waals surface area (Å²) in [5.74, 6) is -0.348. The lowest BCUT2D eigenvalue weighted by atomic mass is 9.80. The second kappa shape index (κ2) is 9.87. The fourth-order valence-corrected chi connectivity index (χ4v) is 3.74. The van der Waals surface area contributed by atoms with Crippen molar-refractivity contribution in [2.24, 2.45) is 0 Å². The molecular formula is C22H32N4O3. The Balaban J connectivity index is 1.56. The van der Waals surface area contributed by atoms with Crippen molar-refractivity contribution in [1.29, 1.82) is 0 Å². The van der Waals surface area contributed by atoms with E-state index < -0.39 is 5.54 Å². The minimum absolute atomic E-state index is 0.00871. The molecule has 0 aromatic heterocycles. The maximum absolute atomic E-state index is 12.7. The van der Waals surface area contributed by atoms with Crippen LogP contribution in [-0.2, 0) is 9.59 Å². The predicted octanol–water partition coefficient (Wildman–Crippen LogP) is 2.34. The molecule has 0 heterocycles. The number of rotatable bonds is 9. The molecule has 158 valence electrons. The van der Waals surface area contributed by atoms with Crippen molar-refractivity contribution in [2.75, 3.05) is 18.4 Å². The van der Waals surface area contributed by atoms with Crippen LogP contribution in [0.5, 0.6) is 0 Å². The Morgan fingerprint density at radius 2 is 1.86 bits per heavy atom. The van der Waals surface area contributed by atoms with Gasteiger partial charge in [-0.3, -0.25) is 19.7 Å². The van der Waals surface area contributed by atoms with E-state index in [4.69, 9.17) is 0 Å². The van der Waals surface area contributed by atoms with Gasteiger partial charge in [-0.2, -0.15) is 0 Å². The van der Waals surface area contributed by atoms with Crippen LogP contribution in [0.1, 0.15) is 68.6 Å². The van der Waals surface area contributed by atoms with Crippen molar-refractivity contribution in [3.8, 4) is 0 Å². The maximum Gasteiger partial charge on any atom is 0.251 e. The standard InChI is InChI=1S/C22H32N4O3/c1-2-13-23-21(29)22(11-4-3-5-12-22)24-15-19(27)25-18-8-6-7-16(14-18)20(28)26-17-9-10-17/h6-8,14,17,24H,2-5,9-13,15H2,1H3,(H,23,29)(H,25,27)(H,26,28).